The molecule has 0 spiro atoms. The van der Waals surface area contributed by atoms with Crippen molar-refractivity contribution in [1.82, 2.24) is 9.94 Å². The Morgan fingerprint density at radius 1 is 1.83 bits per heavy atom. The molecule has 0 atom stereocenters. The maximum atomic E-state index is 10.5. The molecule has 0 aromatic carbocycles. The van der Waals surface area contributed by atoms with Crippen LogP contribution in [-0.4, -0.2) is 22.5 Å². The molecule has 1 heterocycles. The molecule has 0 fully saturated rings. The van der Waals surface area contributed by atoms with Gasteiger partial charge in [0.1, 0.15) is 0 Å². The van der Waals surface area contributed by atoms with E-state index in [4.69, 9.17) is 5.73 Å². The Morgan fingerprint density at radius 2 is 2.58 bits per heavy atom. The lowest BCUT2D eigenvalue weighted by Crippen LogP contribution is -2.17. The lowest BCUT2D eigenvalue weighted by molar-refractivity contribution is -0.143. The van der Waals surface area contributed by atoms with Gasteiger partial charge in [0.15, 0.2) is 0 Å². The van der Waals surface area contributed by atoms with Gasteiger partial charge >= 0.3 is 5.97 Å². The van der Waals surface area contributed by atoms with E-state index in [1.165, 1.54) is 6.92 Å². The van der Waals surface area contributed by atoms with Gasteiger partial charge in [0, 0.05) is 13.3 Å². The maximum Gasteiger partial charge on any atom is 0.331 e. The van der Waals surface area contributed by atoms with Crippen LogP contribution < -0.4 is 10.6 Å². The topological polar surface area (TPSA) is 70.1 Å². The molecule has 0 aliphatic rings. The highest BCUT2D eigenvalue weighted by atomic mass is 16.7. The summed E-state index contributed by atoms with van der Waals surface area (Å²) >= 11 is 0. The van der Waals surface area contributed by atoms with Crippen molar-refractivity contribution in [3.05, 3.63) is 18.0 Å². The van der Waals surface area contributed by atoms with Crippen LogP contribution >= 0.6 is 0 Å². The van der Waals surface area contributed by atoms with Crippen LogP contribution in [0.2, 0.25) is 0 Å². The molecule has 0 aliphatic carbocycles. The van der Waals surface area contributed by atoms with E-state index < -0.39 is 5.97 Å². The van der Waals surface area contributed by atoms with E-state index in [-0.39, 0.29) is 0 Å². The van der Waals surface area contributed by atoms with Gasteiger partial charge in [0.05, 0.1) is 11.9 Å². The second-order valence-corrected chi connectivity index (χ2v) is 2.33. The van der Waals surface area contributed by atoms with Gasteiger partial charge in [0.2, 0.25) is 0 Å². The van der Waals surface area contributed by atoms with Crippen molar-refractivity contribution >= 4 is 5.97 Å². The third-order valence-electron chi connectivity index (χ3n) is 1.24. The second kappa shape index (κ2) is 3.87. The predicted octanol–water partition coefficient (Wildman–Crippen LogP) is -0.641. The zero-order valence-corrected chi connectivity index (χ0v) is 6.86. The summed E-state index contributed by atoms with van der Waals surface area (Å²) in [7, 11) is 0. The quantitative estimate of drug-likeness (QED) is 0.653. The summed E-state index contributed by atoms with van der Waals surface area (Å²) in [5, 5.41) is 3.93. The number of carbonyl (C=O) groups excluding carboxylic acids is 1. The number of hydrogen-bond acceptors (Lipinski definition) is 4. The molecule has 12 heavy (non-hydrogen) atoms. The second-order valence-electron chi connectivity index (χ2n) is 2.33. The Morgan fingerprint density at radius 3 is 3.17 bits per heavy atom. The Bertz CT molecular complexity index is 269. The zero-order chi connectivity index (χ0) is 8.97. The lowest BCUT2D eigenvalue weighted by Gasteiger charge is -1.96. The smallest absolute Gasteiger partial charge is 0.330 e. The molecule has 0 bridgehead atoms. The van der Waals surface area contributed by atoms with Crippen LogP contribution in [0.25, 0.3) is 0 Å². The average molecular weight is 169 g/mol. The maximum absolute atomic E-state index is 10.5. The van der Waals surface area contributed by atoms with Crippen LogP contribution in [0, 0.1) is 0 Å². The van der Waals surface area contributed by atoms with Crippen molar-refractivity contribution in [2.24, 2.45) is 5.73 Å². The largest absolute Gasteiger partial charge is 0.331 e. The van der Waals surface area contributed by atoms with E-state index in [0.717, 1.165) is 10.5 Å². The van der Waals surface area contributed by atoms with Gasteiger partial charge in [-0.05, 0) is 12.6 Å². The Kier molecular flexibility index (Phi) is 2.82. The van der Waals surface area contributed by atoms with E-state index >= 15 is 0 Å². The lowest BCUT2D eigenvalue weighted by atomic mass is 10.3. The first kappa shape index (κ1) is 8.73. The van der Waals surface area contributed by atoms with Crippen molar-refractivity contribution in [3.63, 3.8) is 0 Å². The van der Waals surface area contributed by atoms with E-state index in [0.29, 0.717) is 13.0 Å². The molecular weight excluding hydrogens is 158 g/mol. The Labute approximate surface area is 70.1 Å². The summed E-state index contributed by atoms with van der Waals surface area (Å²) in [6.07, 6.45) is 2.26. The van der Waals surface area contributed by atoms with Gasteiger partial charge in [-0.2, -0.15) is 0 Å². The Hall–Kier alpha value is -1.36. The first-order chi connectivity index (χ1) is 5.72. The molecule has 0 saturated carbocycles. The molecule has 2 N–H and O–H groups in total. The van der Waals surface area contributed by atoms with Crippen molar-refractivity contribution in [1.29, 1.82) is 0 Å². The highest BCUT2D eigenvalue weighted by Crippen LogP contribution is 1.93. The minimum absolute atomic E-state index is 0.391. The van der Waals surface area contributed by atoms with E-state index in [2.05, 4.69) is 9.94 Å². The Balaban J connectivity index is 2.58. The first-order valence-corrected chi connectivity index (χ1v) is 3.66. The minimum atomic E-state index is -0.391. The fourth-order valence-corrected chi connectivity index (χ4v) is 0.807. The normalized spacial score (nSPS) is 9.83. The standard InChI is InChI=1S/C7H11N3O2/c1-6(11)12-10-5-3-7(9-10)2-4-8/h3,5H,2,4,8H2,1H3. The highest BCUT2D eigenvalue weighted by Gasteiger charge is 1.99. The van der Waals surface area contributed by atoms with Crippen LogP contribution in [0.5, 0.6) is 0 Å². The summed E-state index contributed by atoms with van der Waals surface area (Å²) in [4.78, 5) is 16.3. The number of rotatable bonds is 3. The fourth-order valence-electron chi connectivity index (χ4n) is 0.807. The van der Waals surface area contributed by atoms with Crippen LogP contribution in [0.3, 0.4) is 0 Å². The van der Waals surface area contributed by atoms with Gasteiger partial charge in [0.25, 0.3) is 0 Å². The third kappa shape index (κ3) is 2.35. The molecule has 5 heteroatoms. The average Bonchev–Trinajstić information content (AvgIpc) is 2.36. The molecule has 1 aromatic rings. The summed E-state index contributed by atoms with van der Waals surface area (Å²) in [5.41, 5.74) is 6.13. The number of hydrogen-bond donors (Lipinski definition) is 1. The molecule has 0 aliphatic heterocycles. The van der Waals surface area contributed by atoms with Crippen LogP contribution in [0.15, 0.2) is 12.3 Å². The molecule has 0 amide bonds. The molecule has 66 valence electrons. The van der Waals surface area contributed by atoms with Crippen LogP contribution in [-0.2, 0) is 11.2 Å². The van der Waals surface area contributed by atoms with Crippen molar-refractivity contribution in [2.45, 2.75) is 13.3 Å². The third-order valence-corrected chi connectivity index (χ3v) is 1.24. The molecule has 0 unspecified atom stereocenters. The predicted molar refractivity (Wildman–Crippen MR) is 42.2 cm³/mol. The van der Waals surface area contributed by atoms with Crippen LogP contribution in [0.1, 0.15) is 12.6 Å². The fraction of sp³-hybridized carbons (Fsp3) is 0.429. The highest BCUT2D eigenvalue weighted by molar-refractivity contribution is 5.66. The summed E-state index contributed by atoms with van der Waals surface area (Å²) in [5.74, 6) is -0.391. The van der Waals surface area contributed by atoms with E-state index in [9.17, 15) is 4.79 Å². The SMILES string of the molecule is CC(=O)On1ccc(CCN)n1. The van der Waals surface area contributed by atoms with E-state index in [1.807, 2.05) is 0 Å². The summed E-state index contributed by atoms with van der Waals surface area (Å²) in [6.45, 7) is 1.86. The zero-order valence-electron chi connectivity index (χ0n) is 6.86. The number of nitrogens with two attached hydrogens (primary N) is 1. The number of carbonyl (C=O) groups is 1. The van der Waals surface area contributed by atoms with Crippen molar-refractivity contribution < 1.29 is 9.63 Å². The summed E-state index contributed by atoms with van der Waals surface area (Å²) < 4.78 is 0. The van der Waals surface area contributed by atoms with Gasteiger partial charge < -0.3 is 10.6 Å². The van der Waals surface area contributed by atoms with Gasteiger partial charge in [-0.25, -0.2) is 4.79 Å². The molecule has 1 rings (SSSR count). The molecule has 5 nitrogen and oxygen atoms in total. The molecule has 0 saturated heterocycles. The molecule has 1 aromatic heterocycles. The number of nitrogens with zero attached hydrogens (tertiary/aromatic N) is 2. The molecule has 0 radical (unpaired) electrons. The minimum Gasteiger partial charge on any atom is -0.330 e. The molecular formula is C7H11N3O2. The van der Waals surface area contributed by atoms with Gasteiger partial charge in [-0.1, -0.05) is 4.85 Å². The van der Waals surface area contributed by atoms with Crippen LogP contribution in [0.4, 0.5) is 0 Å². The monoisotopic (exact) mass is 169 g/mol. The number of aromatic nitrogens is 2. The van der Waals surface area contributed by atoms with Crippen molar-refractivity contribution in [3.8, 4) is 0 Å². The van der Waals surface area contributed by atoms with E-state index in [1.54, 1.807) is 12.3 Å². The first-order valence-electron chi connectivity index (χ1n) is 3.66. The van der Waals surface area contributed by atoms with Crippen molar-refractivity contribution in [2.75, 3.05) is 6.54 Å². The summed E-state index contributed by atoms with van der Waals surface area (Å²) in [6, 6.07) is 1.76. The van der Waals surface area contributed by atoms with Gasteiger partial charge in [-0.3, -0.25) is 0 Å². The van der Waals surface area contributed by atoms with Gasteiger partial charge in [-0.15, -0.1) is 5.10 Å².